The van der Waals surface area contributed by atoms with E-state index in [0.717, 1.165) is 0 Å². The summed E-state index contributed by atoms with van der Waals surface area (Å²) in [7, 11) is 1.30. The average Bonchev–Trinajstić information content (AvgIpc) is 2.85. The van der Waals surface area contributed by atoms with Gasteiger partial charge in [0, 0.05) is 0 Å². The van der Waals surface area contributed by atoms with E-state index in [1.807, 2.05) is 6.07 Å². The van der Waals surface area contributed by atoms with Crippen LogP contribution in [0, 0.1) is 0 Å². The molecule has 0 aliphatic rings. The van der Waals surface area contributed by atoms with Crippen molar-refractivity contribution in [2.24, 2.45) is 0 Å². The van der Waals surface area contributed by atoms with Gasteiger partial charge in [0.05, 0.1) is 12.6 Å². The molecule has 1 atom stereocenters. The highest BCUT2D eigenvalue weighted by Gasteiger charge is 2.27. The molecule has 0 fully saturated rings. The molecule has 2 aromatic carbocycles. The van der Waals surface area contributed by atoms with Crippen molar-refractivity contribution in [3.63, 3.8) is 0 Å². The molecule has 0 saturated carbocycles. The quantitative estimate of drug-likeness (QED) is 0.692. The van der Waals surface area contributed by atoms with Crippen molar-refractivity contribution in [2.75, 3.05) is 7.11 Å². The maximum atomic E-state index is 12.2. The lowest BCUT2D eigenvalue weighted by Gasteiger charge is -2.15. The number of carbonyl (C=O) groups is 1. The van der Waals surface area contributed by atoms with Gasteiger partial charge >= 0.3 is 11.7 Å². The van der Waals surface area contributed by atoms with E-state index in [-0.39, 0.29) is 0 Å². The van der Waals surface area contributed by atoms with Crippen molar-refractivity contribution in [3.8, 4) is 0 Å². The van der Waals surface area contributed by atoms with Crippen LogP contribution in [0.3, 0.4) is 0 Å². The summed E-state index contributed by atoms with van der Waals surface area (Å²) in [4.78, 5) is 24.3. The Hall–Kier alpha value is -2.82. The van der Waals surface area contributed by atoms with E-state index in [4.69, 9.17) is 9.15 Å². The predicted molar refractivity (Wildman–Crippen MR) is 77.1 cm³/mol. The third kappa shape index (κ3) is 2.23. The maximum Gasteiger partial charge on any atom is 0.421 e. The standard InChI is InChI=1S/C16H13NO4/c1-20-15(18)14(11-7-3-2-4-8-11)17-12-9-5-6-10-13(12)21-16(17)19/h2-10,14H,1H3. The van der Waals surface area contributed by atoms with Crippen molar-refractivity contribution in [1.29, 1.82) is 0 Å². The first-order valence-corrected chi connectivity index (χ1v) is 6.45. The van der Waals surface area contributed by atoms with Gasteiger partial charge < -0.3 is 9.15 Å². The zero-order valence-electron chi connectivity index (χ0n) is 11.4. The molecule has 0 spiro atoms. The number of methoxy groups -OCH3 is 1. The second-order valence-electron chi connectivity index (χ2n) is 4.54. The molecule has 0 N–H and O–H groups in total. The lowest BCUT2D eigenvalue weighted by molar-refractivity contribution is -0.143. The van der Waals surface area contributed by atoms with Crippen LogP contribution in [0.4, 0.5) is 0 Å². The van der Waals surface area contributed by atoms with Crippen molar-refractivity contribution in [3.05, 3.63) is 70.7 Å². The molecular weight excluding hydrogens is 270 g/mol. The zero-order valence-corrected chi connectivity index (χ0v) is 11.4. The van der Waals surface area contributed by atoms with Crippen LogP contribution in [0.1, 0.15) is 11.6 Å². The maximum absolute atomic E-state index is 12.2. The molecule has 5 nitrogen and oxygen atoms in total. The molecule has 3 rings (SSSR count). The second kappa shape index (κ2) is 5.28. The Morgan fingerprint density at radius 3 is 2.48 bits per heavy atom. The summed E-state index contributed by atoms with van der Waals surface area (Å²) in [6.07, 6.45) is 0. The van der Waals surface area contributed by atoms with Crippen LogP contribution in [0.2, 0.25) is 0 Å². The Bertz CT molecular complexity index is 832. The van der Waals surface area contributed by atoms with Gasteiger partial charge in [-0.15, -0.1) is 0 Å². The minimum absolute atomic E-state index is 0.437. The second-order valence-corrected chi connectivity index (χ2v) is 4.54. The number of carbonyl (C=O) groups excluding carboxylic acids is 1. The summed E-state index contributed by atoms with van der Waals surface area (Å²) in [5.41, 5.74) is 1.66. The SMILES string of the molecule is COC(=O)C(c1ccccc1)n1c(=O)oc2ccccc21. The van der Waals surface area contributed by atoms with Crippen LogP contribution in [-0.2, 0) is 9.53 Å². The Kier molecular flexibility index (Phi) is 3.31. The molecule has 5 heteroatoms. The minimum atomic E-state index is -0.868. The monoisotopic (exact) mass is 283 g/mol. The van der Waals surface area contributed by atoms with Crippen LogP contribution >= 0.6 is 0 Å². The number of fused-ring (bicyclic) bond motifs is 1. The molecule has 0 saturated heterocycles. The molecule has 1 unspecified atom stereocenters. The first kappa shape index (κ1) is 13.2. The van der Waals surface area contributed by atoms with Crippen LogP contribution in [0.25, 0.3) is 11.1 Å². The van der Waals surface area contributed by atoms with Gasteiger partial charge in [-0.3, -0.25) is 4.57 Å². The summed E-state index contributed by atoms with van der Waals surface area (Å²) < 4.78 is 11.4. The van der Waals surface area contributed by atoms with Gasteiger partial charge in [0.25, 0.3) is 0 Å². The fourth-order valence-electron chi connectivity index (χ4n) is 2.37. The van der Waals surface area contributed by atoms with Crippen molar-refractivity contribution in [1.82, 2.24) is 4.57 Å². The van der Waals surface area contributed by atoms with Crippen LogP contribution in [0.15, 0.2) is 63.8 Å². The number of benzene rings is 2. The number of ether oxygens (including phenoxy) is 1. The summed E-state index contributed by atoms with van der Waals surface area (Å²) in [6, 6.07) is 15.1. The molecule has 106 valence electrons. The highest BCUT2D eigenvalue weighted by Crippen LogP contribution is 2.23. The van der Waals surface area contributed by atoms with E-state index < -0.39 is 17.8 Å². The molecule has 1 aromatic heterocycles. The van der Waals surface area contributed by atoms with Gasteiger partial charge in [0.1, 0.15) is 0 Å². The van der Waals surface area contributed by atoms with E-state index in [9.17, 15) is 9.59 Å². The molecule has 21 heavy (non-hydrogen) atoms. The third-order valence-electron chi connectivity index (χ3n) is 3.32. The molecular formula is C16H13NO4. The van der Waals surface area contributed by atoms with Crippen molar-refractivity contribution >= 4 is 17.1 Å². The average molecular weight is 283 g/mol. The molecule has 0 radical (unpaired) electrons. The lowest BCUT2D eigenvalue weighted by Crippen LogP contribution is -2.28. The number of oxazole rings is 1. The van der Waals surface area contributed by atoms with Crippen molar-refractivity contribution in [2.45, 2.75) is 6.04 Å². The van der Waals surface area contributed by atoms with E-state index in [2.05, 4.69) is 0 Å². The molecule has 0 bridgehead atoms. The molecule has 0 aliphatic carbocycles. The summed E-state index contributed by atoms with van der Waals surface area (Å²) in [6.45, 7) is 0. The molecule has 1 heterocycles. The fourth-order valence-corrected chi connectivity index (χ4v) is 2.37. The number of aromatic nitrogens is 1. The lowest BCUT2D eigenvalue weighted by atomic mass is 10.1. The third-order valence-corrected chi connectivity index (χ3v) is 3.32. The molecule has 0 aliphatic heterocycles. The summed E-state index contributed by atoms with van der Waals surface area (Å²) >= 11 is 0. The van der Waals surface area contributed by atoms with Gasteiger partial charge in [0.2, 0.25) is 0 Å². The summed E-state index contributed by atoms with van der Waals surface area (Å²) in [5, 5.41) is 0. The van der Waals surface area contributed by atoms with Crippen LogP contribution in [0.5, 0.6) is 0 Å². The highest BCUT2D eigenvalue weighted by atomic mass is 16.5. The Balaban J connectivity index is 2.27. The van der Waals surface area contributed by atoms with Gasteiger partial charge in [-0.2, -0.15) is 0 Å². The minimum Gasteiger partial charge on any atom is -0.467 e. The first-order chi connectivity index (χ1) is 10.2. The van der Waals surface area contributed by atoms with Gasteiger partial charge in [-0.1, -0.05) is 42.5 Å². The van der Waals surface area contributed by atoms with E-state index in [1.165, 1.54) is 11.7 Å². The Labute approximate surface area is 120 Å². The van der Waals surface area contributed by atoms with E-state index in [1.54, 1.807) is 48.5 Å². The van der Waals surface area contributed by atoms with Crippen LogP contribution in [-0.4, -0.2) is 17.6 Å². The van der Waals surface area contributed by atoms with Crippen LogP contribution < -0.4 is 5.76 Å². The van der Waals surface area contributed by atoms with E-state index >= 15 is 0 Å². The number of rotatable bonds is 3. The predicted octanol–water partition coefficient (Wildman–Crippen LogP) is 2.36. The zero-order chi connectivity index (χ0) is 14.8. The van der Waals surface area contributed by atoms with E-state index in [0.29, 0.717) is 16.7 Å². The largest absolute Gasteiger partial charge is 0.467 e. The van der Waals surface area contributed by atoms with Gasteiger partial charge in [-0.25, -0.2) is 9.59 Å². The first-order valence-electron chi connectivity index (χ1n) is 6.45. The normalized spacial score (nSPS) is 12.2. The smallest absolute Gasteiger partial charge is 0.421 e. The van der Waals surface area contributed by atoms with Crippen molar-refractivity contribution < 1.29 is 13.9 Å². The highest BCUT2D eigenvalue weighted by molar-refractivity contribution is 5.82. The topological polar surface area (TPSA) is 61.4 Å². The number of esters is 1. The van der Waals surface area contributed by atoms with Gasteiger partial charge in [0.15, 0.2) is 11.6 Å². The Morgan fingerprint density at radius 1 is 1.10 bits per heavy atom. The summed E-state index contributed by atoms with van der Waals surface area (Å²) in [5.74, 6) is -1.11. The molecule has 0 amide bonds. The number of hydrogen-bond donors (Lipinski definition) is 0. The Morgan fingerprint density at radius 2 is 1.76 bits per heavy atom. The molecule has 3 aromatic rings. The number of para-hydroxylation sites is 2. The number of nitrogens with zero attached hydrogens (tertiary/aromatic N) is 1. The van der Waals surface area contributed by atoms with Gasteiger partial charge in [-0.05, 0) is 17.7 Å². The number of hydrogen-bond acceptors (Lipinski definition) is 4. The fraction of sp³-hybridized carbons (Fsp3) is 0.125.